The SMILES string of the molecule is O=C(CS(=O)(=O)c1ccc(Cl)cc1)Nc1cc(F)ccc1F. The van der Waals surface area contributed by atoms with Gasteiger partial charge in [-0.3, -0.25) is 4.79 Å². The molecule has 0 spiro atoms. The van der Waals surface area contributed by atoms with Gasteiger partial charge in [-0.2, -0.15) is 0 Å². The number of anilines is 1. The van der Waals surface area contributed by atoms with E-state index in [9.17, 15) is 22.0 Å². The first-order chi connectivity index (χ1) is 10.3. The topological polar surface area (TPSA) is 63.2 Å². The molecule has 2 aromatic carbocycles. The van der Waals surface area contributed by atoms with E-state index >= 15 is 0 Å². The molecule has 8 heteroatoms. The second-order valence-corrected chi connectivity index (χ2v) is 6.81. The van der Waals surface area contributed by atoms with E-state index in [0.29, 0.717) is 5.02 Å². The molecule has 22 heavy (non-hydrogen) atoms. The molecule has 2 rings (SSSR count). The van der Waals surface area contributed by atoms with Gasteiger partial charge in [-0.1, -0.05) is 11.6 Å². The number of nitrogens with one attached hydrogen (secondary N) is 1. The van der Waals surface area contributed by atoms with Gasteiger partial charge in [-0.25, -0.2) is 17.2 Å². The number of carbonyl (C=O) groups excluding carboxylic acids is 1. The molecule has 0 atom stereocenters. The van der Waals surface area contributed by atoms with Crippen LogP contribution in [0, 0.1) is 11.6 Å². The molecule has 2 aromatic rings. The van der Waals surface area contributed by atoms with Gasteiger partial charge in [-0.15, -0.1) is 0 Å². The molecule has 0 bridgehead atoms. The summed E-state index contributed by atoms with van der Waals surface area (Å²) in [6.07, 6.45) is 0. The molecule has 0 aliphatic heterocycles. The summed E-state index contributed by atoms with van der Waals surface area (Å²) in [7, 11) is -3.91. The van der Waals surface area contributed by atoms with E-state index in [1.165, 1.54) is 24.3 Å². The van der Waals surface area contributed by atoms with Crippen molar-refractivity contribution in [1.82, 2.24) is 0 Å². The smallest absolute Gasteiger partial charge is 0.240 e. The molecule has 0 saturated heterocycles. The predicted octanol–water partition coefficient (Wildman–Crippen LogP) is 3.03. The summed E-state index contributed by atoms with van der Waals surface area (Å²) >= 11 is 5.66. The zero-order valence-corrected chi connectivity index (χ0v) is 12.6. The second kappa shape index (κ2) is 6.41. The van der Waals surface area contributed by atoms with E-state index in [1.54, 1.807) is 0 Å². The maximum atomic E-state index is 13.4. The van der Waals surface area contributed by atoms with Crippen molar-refractivity contribution < 1.29 is 22.0 Å². The summed E-state index contributed by atoms with van der Waals surface area (Å²) in [6.45, 7) is 0. The number of rotatable bonds is 4. The number of hydrogen-bond acceptors (Lipinski definition) is 3. The lowest BCUT2D eigenvalue weighted by molar-refractivity contribution is -0.113. The highest BCUT2D eigenvalue weighted by atomic mass is 35.5. The van der Waals surface area contributed by atoms with Crippen molar-refractivity contribution in [2.45, 2.75) is 4.90 Å². The Balaban J connectivity index is 2.14. The van der Waals surface area contributed by atoms with Gasteiger partial charge in [-0.05, 0) is 36.4 Å². The minimum Gasteiger partial charge on any atom is -0.323 e. The lowest BCUT2D eigenvalue weighted by Crippen LogP contribution is -2.23. The van der Waals surface area contributed by atoms with E-state index in [4.69, 9.17) is 11.6 Å². The van der Waals surface area contributed by atoms with Crippen molar-refractivity contribution in [1.29, 1.82) is 0 Å². The number of halogens is 3. The first-order valence-electron chi connectivity index (χ1n) is 6.01. The number of hydrogen-bond donors (Lipinski definition) is 1. The van der Waals surface area contributed by atoms with Crippen LogP contribution in [0.3, 0.4) is 0 Å². The summed E-state index contributed by atoms with van der Waals surface area (Å²) in [5.74, 6) is -3.49. The Kier molecular flexibility index (Phi) is 4.77. The van der Waals surface area contributed by atoms with Crippen molar-refractivity contribution in [3.63, 3.8) is 0 Å². The average molecular weight is 346 g/mol. The van der Waals surface area contributed by atoms with Crippen LogP contribution < -0.4 is 5.32 Å². The van der Waals surface area contributed by atoms with Crippen LogP contribution in [0.1, 0.15) is 0 Å². The fraction of sp³-hybridized carbons (Fsp3) is 0.0714. The Morgan fingerprint density at radius 1 is 1.09 bits per heavy atom. The van der Waals surface area contributed by atoms with Crippen LogP contribution in [0.25, 0.3) is 0 Å². The lowest BCUT2D eigenvalue weighted by atomic mass is 10.3. The van der Waals surface area contributed by atoms with Gasteiger partial charge in [0.25, 0.3) is 0 Å². The molecule has 0 aliphatic carbocycles. The zero-order chi connectivity index (χ0) is 16.3. The molecular weight excluding hydrogens is 336 g/mol. The maximum absolute atomic E-state index is 13.4. The van der Waals surface area contributed by atoms with Crippen molar-refractivity contribution in [2.75, 3.05) is 11.1 Å². The van der Waals surface area contributed by atoms with Crippen LogP contribution in [0.15, 0.2) is 47.4 Å². The quantitative estimate of drug-likeness (QED) is 0.926. The van der Waals surface area contributed by atoms with Crippen LogP contribution in [0.2, 0.25) is 5.02 Å². The molecule has 1 amide bonds. The minimum absolute atomic E-state index is 0.0910. The normalized spacial score (nSPS) is 11.2. The predicted molar refractivity (Wildman–Crippen MR) is 78.5 cm³/mol. The maximum Gasteiger partial charge on any atom is 0.240 e. The molecule has 0 radical (unpaired) electrons. The van der Waals surface area contributed by atoms with Gasteiger partial charge in [0.2, 0.25) is 5.91 Å². The monoisotopic (exact) mass is 345 g/mol. The van der Waals surface area contributed by atoms with E-state index in [2.05, 4.69) is 0 Å². The largest absolute Gasteiger partial charge is 0.323 e. The van der Waals surface area contributed by atoms with Crippen molar-refractivity contribution >= 4 is 33.0 Å². The summed E-state index contributed by atoms with van der Waals surface area (Å²) in [5, 5.41) is 2.38. The van der Waals surface area contributed by atoms with E-state index in [0.717, 1.165) is 18.2 Å². The van der Waals surface area contributed by atoms with Crippen LogP contribution in [0.5, 0.6) is 0 Å². The Labute approximate surface area is 130 Å². The Morgan fingerprint density at radius 2 is 1.73 bits per heavy atom. The molecule has 0 fully saturated rings. The molecule has 0 unspecified atom stereocenters. The van der Waals surface area contributed by atoms with Crippen molar-refractivity contribution in [3.05, 3.63) is 59.1 Å². The van der Waals surface area contributed by atoms with Crippen LogP contribution in [-0.4, -0.2) is 20.1 Å². The van der Waals surface area contributed by atoms with Crippen LogP contribution >= 0.6 is 11.6 Å². The number of amides is 1. The fourth-order valence-corrected chi connectivity index (χ4v) is 2.94. The highest BCUT2D eigenvalue weighted by Gasteiger charge is 2.20. The van der Waals surface area contributed by atoms with Gasteiger partial charge in [0.15, 0.2) is 9.84 Å². The van der Waals surface area contributed by atoms with Gasteiger partial charge >= 0.3 is 0 Å². The molecule has 116 valence electrons. The third kappa shape index (κ3) is 4.02. The summed E-state index contributed by atoms with van der Waals surface area (Å²) < 4.78 is 50.4. The summed E-state index contributed by atoms with van der Waals surface area (Å²) in [4.78, 5) is 11.6. The van der Waals surface area contributed by atoms with Crippen LogP contribution in [-0.2, 0) is 14.6 Å². The molecule has 0 saturated carbocycles. The first kappa shape index (κ1) is 16.4. The zero-order valence-electron chi connectivity index (χ0n) is 11.0. The van der Waals surface area contributed by atoms with Gasteiger partial charge < -0.3 is 5.32 Å². The van der Waals surface area contributed by atoms with Crippen molar-refractivity contribution in [2.24, 2.45) is 0 Å². The summed E-state index contributed by atoms with van der Waals surface area (Å²) in [6, 6.07) is 7.74. The van der Waals surface area contributed by atoms with Gasteiger partial charge in [0, 0.05) is 11.1 Å². The van der Waals surface area contributed by atoms with Crippen LogP contribution in [0.4, 0.5) is 14.5 Å². The highest BCUT2D eigenvalue weighted by molar-refractivity contribution is 7.92. The third-order valence-corrected chi connectivity index (χ3v) is 4.58. The number of sulfone groups is 1. The van der Waals surface area contributed by atoms with E-state index in [1.807, 2.05) is 5.32 Å². The second-order valence-electron chi connectivity index (χ2n) is 4.39. The highest BCUT2D eigenvalue weighted by Crippen LogP contribution is 2.18. The molecule has 1 N–H and O–H groups in total. The minimum atomic E-state index is -3.91. The van der Waals surface area contributed by atoms with Gasteiger partial charge in [0.05, 0.1) is 10.6 Å². The third-order valence-electron chi connectivity index (χ3n) is 2.70. The standard InChI is InChI=1S/C14H10ClF2NO3S/c15-9-1-4-11(5-2-9)22(20,21)8-14(19)18-13-7-10(16)3-6-12(13)17/h1-7H,8H2,(H,18,19). The van der Waals surface area contributed by atoms with E-state index < -0.39 is 38.8 Å². The number of benzene rings is 2. The Bertz CT molecular complexity index is 807. The molecule has 0 aromatic heterocycles. The molecule has 4 nitrogen and oxygen atoms in total. The molecule has 0 aliphatic rings. The molecular formula is C14H10ClF2NO3S. The molecule has 0 heterocycles. The Morgan fingerprint density at radius 3 is 2.36 bits per heavy atom. The lowest BCUT2D eigenvalue weighted by Gasteiger charge is -2.07. The fourth-order valence-electron chi connectivity index (χ4n) is 1.68. The van der Waals surface area contributed by atoms with Gasteiger partial charge in [0.1, 0.15) is 17.4 Å². The van der Waals surface area contributed by atoms with E-state index in [-0.39, 0.29) is 4.90 Å². The average Bonchev–Trinajstić information content (AvgIpc) is 2.42. The Hall–Kier alpha value is -1.99. The first-order valence-corrected chi connectivity index (χ1v) is 8.04. The number of carbonyl (C=O) groups is 1. The van der Waals surface area contributed by atoms with Crippen molar-refractivity contribution in [3.8, 4) is 0 Å². The summed E-state index contributed by atoms with van der Waals surface area (Å²) in [5.41, 5.74) is -0.420.